The van der Waals surface area contributed by atoms with E-state index >= 15 is 0 Å². The quantitative estimate of drug-likeness (QED) is 0.906. The first-order valence-electron chi connectivity index (χ1n) is 7.30. The maximum atomic E-state index is 12.5. The summed E-state index contributed by atoms with van der Waals surface area (Å²) in [6, 6.07) is 5.75. The first-order chi connectivity index (χ1) is 9.90. The van der Waals surface area contributed by atoms with Gasteiger partial charge >= 0.3 is 0 Å². The molecule has 1 aromatic carbocycles. The molecule has 21 heavy (non-hydrogen) atoms. The molecule has 2 rings (SSSR count). The minimum atomic E-state index is -0.890. The molecule has 0 bridgehead atoms. The van der Waals surface area contributed by atoms with Crippen LogP contribution in [0.2, 0.25) is 0 Å². The molecule has 0 aromatic heterocycles. The molecule has 0 aliphatic carbocycles. The van der Waals surface area contributed by atoms with Crippen LogP contribution in [0.5, 0.6) is 5.75 Å². The lowest BCUT2D eigenvalue weighted by atomic mass is 9.99. The highest BCUT2D eigenvalue weighted by atomic mass is 16.5. The predicted octanol–water partition coefficient (Wildman–Crippen LogP) is 2.59. The minimum Gasteiger partial charge on any atom is -0.476 e. The molecule has 1 atom stereocenters. The van der Waals surface area contributed by atoms with Crippen molar-refractivity contribution in [3.63, 3.8) is 0 Å². The fourth-order valence-corrected chi connectivity index (χ4v) is 2.55. The van der Waals surface area contributed by atoms with Gasteiger partial charge in [-0.2, -0.15) is 0 Å². The number of benzene rings is 1. The van der Waals surface area contributed by atoms with Crippen LogP contribution in [0.25, 0.3) is 0 Å². The van der Waals surface area contributed by atoms with Crippen LogP contribution in [0.4, 0.5) is 5.69 Å². The zero-order chi connectivity index (χ0) is 15.6. The van der Waals surface area contributed by atoms with Gasteiger partial charge in [-0.25, -0.2) is 0 Å². The number of hydrogen-bond acceptors (Lipinski definition) is 4. The van der Waals surface area contributed by atoms with E-state index in [1.54, 1.807) is 25.9 Å². The molecule has 0 saturated heterocycles. The Bertz CT molecular complexity index is 528. The molecule has 1 heterocycles. The van der Waals surface area contributed by atoms with Gasteiger partial charge in [0.05, 0.1) is 5.69 Å². The molecule has 0 fully saturated rings. The van der Waals surface area contributed by atoms with Crippen LogP contribution in [0.1, 0.15) is 45.2 Å². The van der Waals surface area contributed by atoms with Crippen LogP contribution in [-0.4, -0.2) is 25.3 Å². The Balaban J connectivity index is 2.42. The number of anilines is 1. The van der Waals surface area contributed by atoms with E-state index in [-0.39, 0.29) is 18.7 Å². The summed E-state index contributed by atoms with van der Waals surface area (Å²) in [7, 11) is 1.57. The predicted molar refractivity (Wildman–Crippen MR) is 82.3 cm³/mol. The molecule has 0 spiro atoms. The van der Waals surface area contributed by atoms with E-state index in [9.17, 15) is 4.79 Å². The van der Waals surface area contributed by atoms with Crippen LogP contribution in [-0.2, 0) is 9.53 Å². The van der Waals surface area contributed by atoms with Gasteiger partial charge < -0.3 is 15.2 Å². The van der Waals surface area contributed by atoms with Crippen molar-refractivity contribution in [1.82, 2.24) is 0 Å². The van der Waals surface area contributed by atoms with Gasteiger partial charge in [0.25, 0.3) is 5.91 Å². The van der Waals surface area contributed by atoms with Gasteiger partial charge in [-0.3, -0.25) is 9.69 Å². The first kappa shape index (κ1) is 15.8. The molecule has 1 unspecified atom stereocenters. The lowest BCUT2D eigenvalue weighted by Gasteiger charge is -2.38. The Labute approximate surface area is 126 Å². The normalized spacial score (nSPS) is 18.1. The number of methoxy groups -OCH3 is 1. The van der Waals surface area contributed by atoms with E-state index in [1.807, 2.05) is 18.2 Å². The Hall–Kier alpha value is -1.59. The van der Waals surface area contributed by atoms with Crippen LogP contribution in [0, 0.1) is 0 Å². The highest BCUT2D eigenvalue weighted by Crippen LogP contribution is 2.39. The highest BCUT2D eigenvalue weighted by Gasteiger charge is 2.41. The van der Waals surface area contributed by atoms with Crippen molar-refractivity contribution >= 4 is 11.6 Å². The maximum Gasteiger partial charge on any atom is 0.272 e. The lowest BCUT2D eigenvalue weighted by Crippen LogP contribution is -2.53. The monoisotopic (exact) mass is 292 g/mol. The Morgan fingerprint density at radius 2 is 2.14 bits per heavy atom. The second-order valence-electron chi connectivity index (χ2n) is 5.89. The summed E-state index contributed by atoms with van der Waals surface area (Å²) >= 11 is 0. The lowest BCUT2D eigenvalue weighted by molar-refractivity contribution is -0.133. The standard InChI is InChI=1S/C16H24N2O3/c1-5-6-12(17)11-7-8-14-13(9-11)18(10-20-4)15(19)16(2,3)21-14/h7-9,12H,5-6,10,17H2,1-4H3. The van der Waals surface area contributed by atoms with Gasteiger partial charge in [-0.1, -0.05) is 19.4 Å². The Morgan fingerprint density at radius 3 is 2.76 bits per heavy atom. The largest absolute Gasteiger partial charge is 0.476 e. The zero-order valence-corrected chi connectivity index (χ0v) is 13.2. The number of carbonyl (C=O) groups is 1. The van der Waals surface area contributed by atoms with Crippen molar-refractivity contribution in [1.29, 1.82) is 0 Å². The second-order valence-corrected chi connectivity index (χ2v) is 5.89. The number of nitrogens with zero attached hydrogens (tertiary/aromatic N) is 1. The van der Waals surface area contributed by atoms with E-state index in [1.165, 1.54) is 0 Å². The summed E-state index contributed by atoms with van der Waals surface area (Å²) < 4.78 is 11.0. The van der Waals surface area contributed by atoms with Crippen LogP contribution < -0.4 is 15.4 Å². The van der Waals surface area contributed by atoms with E-state index in [4.69, 9.17) is 15.2 Å². The third-order valence-corrected chi connectivity index (χ3v) is 3.69. The number of rotatable bonds is 5. The molecule has 2 N–H and O–H groups in total. The van der Waals surface area contributed by atoms with Crippen molar-refractivity contribution < 1.29 is 14.3 Å². The van der Waals surface area contributed by atoms with Crippen molar-refractivity contribution in [2.75, 3.05) is 18.7 Å². The van der Waals surface area contributed by atoms with Crippen LogP contribution in [0.15, 0.2) is 18.2 Å². The minimum absolute atomic E-state index is 0.0327. The van der Waals surface area contributed by atoms with Gasteiger partial charge in [0.1, 0.15) is 12.5 Å². The van der Waals surface area contributed by atoms with Gasteiger partial charge in [-0.15, -0.1) is 0 Å². The number of nitrogens with two attached hydrogens (primary N) is 1. The molecular formula is C16H24N2O3. The Kier molecular flexibility index (Phi) is 4.54. The van der Waals surface area contributed by atoms with Crippen molar-refractivity contribution in [2.45, 2.75) is 45.3 Å². The summed E-state index contributed by atoms with van der Waals surface area (Å²) in [6.07, 6.45) is 1.92. The number of ether oxygens (including phenoxy) is 2. The summed E-state index contributed by atoms with van der Waals surface area (Å²) in [4.78, 5) is 14.1. The number of carbonyl (C=O) groups excluding carboxylic acids is 1. The smallest absolute Gasteiger partial charge is 0.272 e. The van der Waals surface area contributed by atoms with Crippen molar-refractivity contribution in [3.05, 3.63) is 23.8 Å². The fraction of sp³-hybridized carbons (Fsp3) is 0.562. The van der Waals surface area contributed by atoms with E-state index < -0.39 is 5.60 Å². The van der Waals surface area contributed by atoms with Crippen LogP contribution in [0.3, 0.4) is 0 Å². The SMILES string of the molecule is CCCC(N)c1ccc2c(c1)N(COC)C(=O)C(C)(C)O2. The average Bonchev–Trinajstić information content (AvgIpc) is 2.43. The van der Waals surface area contributed by atoms with Gasteiger partial charge in [0.2, 0.25) is 0 Å². The summed E-state index contributed by atoms with van der Waals surface area (Å²) in [5, 5.41) is 0. The third kappa shape index (κ3) is 3.04. The molecule has 1 aromatic rings. The van der Waals surface area contributed by atoms with Crippen molar-refractivity contribution in [2.24, 2.45) is 5.73 Å². The van der Waals surface area contributed by atoms with E-state index in [2.05, 4.69) is 6.92 Å². The summed E-state index contributed by atoms with van der Waals surface area (Å²) in [6.45, 7) is 5.82. The van der Waals surface area contributed by atoms with E-state index in [0.717, 1.165) is 24.1 Å². The number of hydrogen-bond donors (Lipinski definition) is 1. The molecule has 116 valence electrons. The summed E-state index contributed by atoms with van der Waals surface area (Å²) in [5.74, 6) is 0.571. The van der Waals surface area contributed by atoms with Crippen molar-refractivity contribution in [3.8, 4) is 5.75 Å². The molecule has 0 saturated carbocycles. The molecule has 1 amide bonds. The Morgan fingerprint density at radius 1 is 1.43 bits per heavy atom. The zero-order valence-electron chi connectivity index (χ0n) is 13.2. The molecule has 5 nitrogen and oxygen atoms in total. The molecule has 1 aliphatic rings. The average molecular weight is 292 g/mol. The molecule has 1 aliphatic heterocycles. The molecule has 5 heteroatoms. The van der Waals surface area contributed by atoms with Gasteiger partial charge in [0, 0.05) is 13.2 Å². The molecular weight excluding hydrogens is 268 g/mol. The van der Waals surface area contributed by atoms with E-state index in [0.29, 0.717) is 5.75 Å². The summed E-state index contributed by atoms with van der Waals surface area (Å²) in [5.41, 5.74) is 7.01. The number of amides is 1. The van der Waals surface area contributed by atoms with Gasteiger partial charge in [0.15, 0.2) is 5.60 Å². The fourth-order valence-electron chi connectivity index (χ4n) is 2.55. The first-order valence-corrected chi connectivity index (χ1v) is 7.30. The number of fused-ring (bicyclic) bond motifs is 1. The van der Waals surface area contributed by atoms with Crippen LogP contribution >= 0.6 is 0 Å². The third-order valence-electron chi connectivity index (χ3n) is 3.69. The second kappa shape index (κ2) is 6.03. The highest BCUT2D eigenvalue weighted by molar-refractivity contribution is 6.02. The molecule has 0 radical (unpaired) electrons. The maximum absolute atomic E-state index is 12.5. The topological polar surface area (TPSA) is 64.8 Å². The van der Waals surface area contributed by atoms with Gasteiger partial charge in [-0.05, 0) is 38.0 Å².